The summed E-state index contributed by atoms with van der Waals surface area (Å²) in [7, 11) is 0. The van der Waals surface area contributed by atoms with Gasteiger partial charge in [-0.15, -0.1) is 0 Å². The number of aryl methyl sites for hydroxylation is 1. The summed E-state index contributed by atoms with van der Waals surface area (Å²) in [6.07, 6.45) is 3.74. The SMILES string of the molecule is CCn1cc(C(C)NC(C)c2cc(F)ccc2F)cn1. The maximum Gasteiger partial charge on any atom is 0.128 e. The van der Waals surface area contributed by atoms with Crippen LogP contribution in [-0.2, 0) is 6.54 Å². The van der Waals surface area contributed by atoms with Gasteiger partial charge in [0.2, 0.25) is 0 Å². The van der Waals surface area contributed by atoms with E-state index < -0.39 is 11.6 Å². The lowest BCUT2D eigenvalue weighted by Gasteiger charge is -2.20. The van der Waals surface area contributed by atoms with E-state index in [1.165, 1.54) is 6.07 Å². The van der Waals surface area contributed by atoms with Crippen molar-refractivity contribution in [2.24, 2.45) is 0 Å². The van der Waals surface area contributed by atoms with Crippen LogP contribution in [0.4, 0.5) is 8.78 Å². The molecule has 5 heteroatoms. The molecule has 1 heterocycles. The predicted octanol–water partition coefficient (Wildman–Crippen LogP) is 3.59. The molecule has 3 nitrogen and oxygen atoms in total. The van der Waals surface area contributed by atoms with Gasteiger partial charge in [0.25, 0.3) is 0 Å². The Bertz CT molecular complexity index is 580. The van der Waals surface area contributed by atoms with Crippen LogP contribution in [0, 0.1) is 11.6 Å². The number of benzene rings is 1. The van der Waals surface area contributed by atoms with E-state index in [4.69, 9.17) is 0 Å². The van der Waals surface area contributed by atoms with E-state index in [9.17, 15) is 8.78 Å². The van der Waals surface area contributed by atoms with E-state index in [1.54, 1.807) is 6.20 Å². The second kappa shape index (κ2) is 6.13. The first-order valence-corrected chi connectivity index (χ1v) is 6.74. The Morgan fingerprint density at radius 2 is 2.00 bits per heavy atom. The second-order valence-corrected chi connectivity index (χ2v) is 4.91. The Kier molecular flexibility index (Phi) is 4.49. The summed E-state index contributed by atoms with van der Waals surface area (Å²) in [5, 5.41) is 7.47. The Morgan fingerprint density at radius 3 is 2.65 bits per heavy atom. The zero-order chi connectivity index (χ0) is 14.7. The third kappa shape index (κ3) is 3.22. The Morgan fingerprint density at radius 1 is 1.25 bits per heavy atom. The number of rotatable bonds is 5. The zero-order valence-corrected chi connectivity index (χ0v) is 11.9. The largest absolute Gasteiger partial charge is 0.303 e. The molecule has 0 fully saturated rings. The quantitative estimate of drug-likeness (QED) is 0.906. The molecule has 0 radical (unpaired) electrons. The topological polar surface area (TPSA) is 29.9 Å². The van der Waals surface area contributed by atoms with Crippen molar-refractivity contribution in [3.8, 4) is 0 Å². The standard InChI is InChI=1S/C15H19F2N3/c1-4-20-9-12(8-18-20)10(2)19-11(3)14-7-13(16)5-6-15(14)17/h5-11,19H,4H2,1-3H3. The summed E-state index contributed by atoms with van der Waals surface area (Å²) >= 11 is 0. The van der Waals surface area contributed by atoms with E-state index in [0.29, 0.717) is 5.56 Å². The molecule has 1 N–H and O–H groups in total. The highest BCUT2D eigenvalue weighted by atomic mass is 19.1. The van der Waals surface area contributed by atoms with Crippen LogP contribution in [0.5, 0.6) is 0 Å². The molecule has 2 atom stereocenters. The predicted molar refractivity (Wildman–Crippen MR) is 74.2 cm³/mol. The van der Waals surface area contributed by atoms with Crippen LogP contribution >= 0.6 is 0 Å². The number of hydrogen-bond acceptors (Lipinski definition) is 2. The monoisotopic (exact) mass is 279 g/mol. The fourth-order valence-electron chi connectivity index (χ4n) is 2.18. The Hall–Kier alpha value is -1.75. The normalized spacial score (nSPS) is 14.2. The number of hydrogen-bond donors (Lipinski definition) is 1. The summed E-state index contributed by atoms with van der Waals surface area (Å²) in [4.78, 5) is 0. The minimum Gasteiger partial charge on any atom is -0.303 e. The van der Waals surface area contributed by atoms with Crippen molar-refractivity contribution in [1.82, 2.24) is 15.1 Å². The highest BCUT2D eigenvalue weighted by Crippen LogP contribution is 2.22. The number of nitrogens with one attached hydrogen (secondary N) is 1. The molecule has 0 saturated carbocycles. The molecule has 0 aliphatic rings. The Balaban J connectivity index is 2.10. The van der Waals surface area contributed by atoms with E-state index in [2.05, 4.69) is 10.4 Å². The molecule has 2 rings (SSSR count). The van der Waals surface area contributed by atoms with Crippen molar-refractivity contribution in [2.45, 2.75) is 39.4 Å². The molecule has 0 saturated heterocycles. The van der Waals surface area contributed by atoms with Crippen molar-refractivity contribution >= 4 is 0 Å². The lowest BCUT2D eigenvalue weighted by atomic mass is 10.1. The van der Waals surface area contributed by atoms with Crippen LogP contribution in [0.3, 0.4) is 0 Å². The van der Waals surface area contributed by atoms with E-state index in [1.807, 2.05) is 31.6 Å². The van der Waals surface area contributed by atoms with Crippen LogP contribution in [0.1, 0.15) is 44.0 Å². The smallest absolute Gasteiger partial charge is 0.128 e. The first kappa shape index (κ1) is 14.7. The highest BCUT2D eigenvalue weighted by Gasteiger charge is 2.16. The third-order valence-corrected chi connectivity index (χ3v) is 3.40. The van der Waals surface area contributed by atoms with E-state index in [-0.39, 0.29) is 12.1 Å². The molecule has 2 aromatic rings. The molecule has 1 aromatic heterocycles. The van der Waals surface area contributed by atoms with E-state index >= 15 is 0 Å². The van der Waals surface area contributed by atoms with Crippen LogP contribution in [-0.4, -0.2) is 9.78 Å². The summed E-state index contributed by atoms with van der Waals surface area (Å²) in [5.41, 5.74) is 1.36. The molecular formula is C15H19F2N3. The van der Waals surface area contributed by atoms with Gasteiger partial charge in [0.1, 0.15) is 11.6 Å². The maximum absolute atomic E-state index is 13.7. The highest BCUT2D eigenvalue weighted by molar-refractivity contribution is 5.22. The summed E-state index contributed by atoms with van der Waals surface area (Å²) < 4.78 is 28.8. The average Bonchev–Trinajstić information content (AvgIpc) is 2.90. The molecule has 2 unspecified atom stereocenters. The third-order valence-electron chi connectivity index (χ3n) is 3.40. The summed E-state index contributed by atoms with van der Waals surface area (Å²) in [6, 6.07) is 3.23. The van der Waals surface area contributed by atoms with Gasteiger partial charge in [-0.3, -0.25) is 4.68 Å². The van der Waals surface area contributed by atoms with Gasteiger partial charge in [-0.1, -0.05) is 0 Å². The molecule has 0 amide bonds. The molecule has 0 aliphatic heterocycles. The van der Waals surface area contributed by atoms with Crippen molar-refractivity contribution in [1.29, 1.82) is 0 Å². The molecule has 20 heavy (non-hydrogen) atoms. The molecule has 0 aliphatic carbocycles. The first-order chi connectivity index (χ1) is 9.51. The molecule has 0 spiro atoms. The minimum atomic E-state index is -0.429. The fourth-order valence-corrected chi connectivity index (χ4v) is 2.18. The Labute approximate surface area is 117 Å². The maximum atomic E-state index is 13.7. The second-order valence-electron chi connectivity index (χ2n) is 4.91. The van der Waals surface area contributed by atoms with Crippen molar-refractivity contribution < 1.29 is 8.78 Å². The van der Waals surface area contributed by atoms with Gasteiger partial charge in [-0.05, 0) is 39.0 Å². The van der Waals surface area contributed by atoms with Gasteiger partial charge in [0.05, 0.1) is 6.20 Å². The van der Waals surface area contributed by atoms with Gasteiger partial charge in [-0.2, -0.15) is 5.10 Å². The number of aromatic nitrogens is 2. The van der Waals surface area contributed by atoms with Gasteiger partial charge < -0.3 is 5.32 Å². The van der Waals surface area contributed by atoms with Crippen molar-refractivity contribution in [3.63, 3.8) is 0 Å². The van der Waals surface area contributed by atoms with Gasteiger partial charge in [-0.25, -0.2) is 8.78 Å². The molecule has 108 valence electrons. The van der Waals surface area contributed by atoms with Crippen molar-refractivity contribution in [3.05, 3.63) is 53.4 Å². The summed E-state index contributed by atoms with van der Waals surface area (Å²) in [5.74, 6) is -0.829. The minimum absolute atomic E-state index is 0.00738. The lowest BCUT2D eigenvalue weighted by Crippen LogP contribution is -2.23. The fraction of sp³-hybridized carbons (Fsp3) is 0.400. The molecule has 0 bridgehead atoms. The zero-order valence-electron chi connectivity index (χ0n) is 11.9. The van der Waals surface area contributed by atoms with Crippen LogP contribution < -0.4 is 5.32 Å². The van der Waals surface area contributed by atoms with Crippen LogP contribution in [0.15, 0.2) is 30.6 Å². The number of halogens is 2. The van der Waals surface area contributed by atoms with Crippen LogP contribution in [0.2, 0.25) is 0 Å². The first-order valence-electron chi connectivity index (χ1n) is 6.74. The van der Waals surface area contributed by atoms with Crippen molar-refractivity contribution in [2.75, 3.05) is 0 Å². The number of nitrogens with zero attached hydrogens (tertiary/aromatic N) is 2. The summed E-state index contributed by atoms with van der Waals surface area (Å²) in [6.45, 7) is 6.61. The average molecular weight is 279 g/mol. The lowest BCUT2D eigenvalue weighted by molar-refractivity contribution is 0.469. The molecular weight excluding hydrogens is 260 g/mol. The van der Waals surface area contributed by atoms with Gasteiger partial charge in [0, 0.05) is 36.0 Å². The van der Waals surface area contributed by atoms with E-state index in [0.717, 1.165) is 24.2 Å². The van der Waals surface area contributed by atoms with Gasteiger partial charge in [0.15, 0.2) is 0 Å². The van der Waals surface area contributed by atoms with Gasteiger partial charge >= 0.3 is 0 Å². The molecule has 1 aromatic carbocycles. The van der Waals surface area contributed by atoms with Crippen LogP contribution in [0.25, 0.3) is 0 Å².